The summed E-state index contributed by atoms with van der Waals surface area (Å²) in [5, 5.41) is 11.2. The third kappa shape index (κ3) is 5.00. The van der Waals surface area contributed by atoms with Gasteiger partial charge in [0.15, 0.2) is 0 Å². The van der Waals surface area contributed by atoms with Gasteiger partial charge in [0.1, 0.15) is 0 Å². The summed E-state index contributed by atoms with van der Waals surface area (Å²) in [5.41, 5.74) is 6.92. The first kappa shape index (κ1) is 13.0. The number of anilines is 2. The Bertz CT molecular complexity index is 408. The fourth-order valence-corrected chi connectivity index (χ4v) is 1.33. The van der Waals surface area contributed by atoms with Gasteiger partial charge < -0.3 is 11.1 Å². The standard InChI is InChI=1S/C12H16N4O/c1-16(8-2-7-13)9-12(17)15-11-5-3-10(14)4-6-11/h3-6H,2,8-9,14H2,1H3,(H,15,17). The zero-order chi connectivity index (χ0) is 12.7. The molecule has 5 heteroatoms. The number of rotatable bonds is 5. The molecule has 0 spiro atoms. The third-order valence-corrected chi connectivity index (χ3v) is 2.21. The largest absolute Gasteiger partial charge is 0.399 e. The number of carbonyl (C=O) groups excluding carboxylic acids is 1. The molecule has 5 nitrogen and oxygen atoms in total. The first-order chi connectivity index (χ1) is 8.11. The molecule has 1 amide bonds. The number of hydrogen-bond acceptors (Lipinski definition) is 4. The van der Waals surface area contributed by atoms with E-state index < -0.39 is 0 Å². The molecule has 0 saturated carbocycles. The molecule has 1 rings (SSSR count). The van der Waals surface area contributed by atoms with Crippen LogP contribution < -0.4 is 11.1 Å². The maximum atomic E-state index is 11.6. The molecule has 90 valence electrons. The van der Waals surface area contributed by atoms with Crippen molar-refractivity contribution in [3.05, 3.63) is 24.3 Å². The summed E-state index contributed by atoms with van der Waals surface area (Å²) < 4.78 is 0. The maximum absolute atomic E-state index is 11.6. The molecule has 0 fully saturated rings. The quantitative estimate of drug-likeness (QED) is 0.743. The van der Waals surface area contributed by atoms with Crippen molar-refractivity contribution in [1.82, 2.24) is 4.90 Å². The molecule has 1 aromatic carbocycles. The van der Waals surface area contributed by atoms with Crippen molar-refractivity contribution in [3.63, 3.8) is 0 Å². The van der Waals surface area contributed by atoms with Crippen LogP contribution in [-0.4, -0.2) is 30.9 Å². The van der Waals surface area contributed by atoms with E-state index in [1.54, 1.807) is 36.2 Å². The van der Waals surface area contributed by atoms with Crippen LogP contribution in [0, 0.1) is 11.3 Å². The van der Waals surface area contributed by atoms with Crippen molar-refractivity contribution in [2.75, 3.05) is 31.2 Å². The summed E-state index contributed by atoms with van der Waals surface area (Å²) in [6, 6.07) is 9.01. The highest BCUT2D eigenvalue weighted by molar-refractivity contribution is 5.92. The lowest BCUT2D eigenvalue weighted by Crippen LogP contribution is -2.30. The van der Waals surface area contributed by atoms with Crippen LogP contribution in [0.25, 0.3) is 0 Å². The molecule has 0 radical (unpaired) electrons. The van der Waals surface area contributed by atoms with Gasteiger partial charge in [0, 0.05) is 24.3 Å². The summed E-state index contributed by atoms with van der Waals surface area (Å²) in [6.07, 6.45) is 0.422. The van der Waals surface area contributed by atoms with Gasteiger partial charge in [-0.25, -0.2) is 0 Å². The predicted molar refractivity (Wildman–Crippen MR) is 67.2 cm³/mol. The second-order valence-electron chi connectivity index (χ2n) is 3.82. The van der Waals surface area contributed by atoms with E-state index in [0.29, 0.717) is 18.7 Å². The van der Waals surface area contributed by atoms with E-state index in [4.69, 9.17) is 11.0 Å². The lowest BCUT2D eigenvalue weighted by molar-refractivity contribution is -0.117. The Morgan fingerprint density at radius 2 is 2.12 bits per heavy atom. The van der Waals surface area contributed by atoms with Crippen LogP contribution in [-0.2, 0) is 4.79 Å². The number of nitrogens with two attached hydrogens (primary N) is 1. The Kier molecular flexibility index (Phi) is 4.98. The lowest BCUT2D eigenvalue weighted by atomic mass is 10.3. The number of hydrogen-bond donors (Lipinski definition) is 2. The second-order valence-corrected chi connectivity index (χ2v) is 3.82. The third-order valence-electron chi connectivity index (χ3n) is 2.21. The second kappa shape index (κ2) is 6.51. The Labute approximate surface area is 101 Å². The molecule has 17 heavy (non-hydrogen) atoms. The number of nitrogens with one attached hydrogen (secondary N) is 1. The summed E-state index contributed by atoms with van der Waals surface area (Å²) in [4.78, 5) is 13.4. The van der Waals surface area contributed by atoms with Crippen molar-refractivity contribution >= 4 is 17.3 Å². The highest BCUT2D eigenvalue weighted by atomic mass is 16.2. The van der Waals surface area contributed by atoms with Gasteiger partial charge in [-0.15, -0.1) is 0 Å². The summed E-state index contributed by atoms with van der Waals surface area (Å²) in [6.45, 7) is 0.859. The Balaban J connectivity index is 2.39. The van der Waals surface area contributed by atoms with E-state index >= 15 is 0 Å². The number of amides is 1. The first-order valence-corrected chi connectivity index (χ1v) is 5.32. The molecular weight excluding hydrogens is 216 g/mol. The number of benzene rings is 1. The minimum absolute atomic E-state index is 0.102. The van der Waals surface area contributed by atoms with Crippen LogP contribution in [0.3, 0.4) is 0 Å². The topological polar surface area (TPSA) is 82.2 Å². The van der Waals surface area contributed by atoms with Gasteiger partial charge >= 0.3 is 0 Å². The number of nitrogens with zero attached hydrogens (tertiary/aromatic N) is 2. The van der Waals surface area contributed by atoms with Crippen molar-refractivity contribution in [2.45, 2.75) is 6.42 Å². The van der Waals surface area contributed by atoms with Gasteiger partial charge in [-0.05, 0) is 31.3 Å². The van der Waals surface area contributed by atoms with E-state index in [1.165, 1.54) is 0 Å². The zero-order valence-corrected chi connectivity index (χ0v) is 9.81. The number of nitriles is 1. The minimum atomic E-state index is -0.102. The predicted octanol–water partition coefficient (Wildman–Crippen LogP) is 1.05. The molecule has 1 aromatic rings. The van der Waals surface area contributed by atoms with E-state index in [9.17, 15) is 4.79 Å². The van der Waals surface area contributed by atoms with E-state index in [1.807, 2.05) is 6.07 Å². The molecular formula is C12H16N4O. The van der Waals surface area contributed by atoms with Crippen molar-refractivity contribution in [3.8, 4) is 6.07 Å². The first-order valence-electron chi connectivity index (χ1n) is 5.32. The maximum Gasteiger partial charge on any atom is 0.238 e. The molecule has 3 N–H and O–H groups in total. The van der Waals surface area contributed by atoms with Crippen LogP contribution >= 0.6 is 0 Å². The van der Waals surface area contributed by atoms with Gasteiger partial charge in [-0.3, -0.25) is 9.69 Å². The molecule has 0 aliphatic carbocycles. The van der Waals surface area contributed by atoms with Crippen LogP contribution in [0.5, 0.6) is 0 Å². The van der Waals surface area contributed by atoms with Gasteiger partial charge in [0.2, 0.25) is 5.91 Å². The molecule has 0 heterocycles. The van der Waals surface area contributed by atoms with Crippen molar-refractivity contribution < 1.29 is 4.79 Å². The average Bonchev–Trinajstić information content (AvgIpc) is 2.29. The smallest absolute Gasteiger partial charge is 0.238 e. The van der Waals surface area contributed by atoms with Gasteiger partial charge in [-0.1, -0.05) is 0 Å². The normalized spacial score (nSPS) is 9.94. The van der Waals surface area contributed by atoms with Gasteiger partial charge in [-0.2, -0.15) is 5.26 Å². The molecule has 0 atom stereocenters. The van der Waals surface area contributed by atoms with Crippen LogP contribution in [0.2, 0.25) is 0 Å². The van der Waals surface area contributed by atoms with Crippen LogP contribution in [0.1, 0.15) is 6.42 Å². The Morgan fingerprint density at radius 1 is 1.47 bits per heavy atom. The highest BCUT2D eigenvalue weighted by Gasteiger charge is 2.06. The fourth-order valence-electron chi connectivity index (χ4n) is 1.33. The zero-order valence-electron chi connectivity index (χ0n) is 9.81. The van der Waals surface area contributed by atoms with Crippen LogP contribution in [0.4, 0.5) is 11.4 Å². The summed E-state index contributed by atoms with van der Waals surface area (Å²) in [7, 11) is 1.81. The average molecular weight is 232 g/mol. The monoisotopic (exact) mass is 232 g/mol. The number of nitrogen functional groups attached to an aromatic ring is 1. The molecule has 0 bridgehead atoms. The van der Waals surface area contributed by atoms with Crippen molar-refractivity contribution in [2.24, 2.45) is 0 Å². The minimum Gasteiger partial charge on any atom is -0.399 e. The van der Waals surface area contributed by atoms with E-state index in [2.05, 4.69) is 5.32 Å². The fraction of sp³-hybridized carbons (Fsp3) is 0.333. The summed E-state index contributed by atoms with van der Waals surface area (Å²) in [5.74, 6) is -0.102. The van der Waals surface area contributed by atoms with E-state index in [0.717, 1.165) is 5.69 Å². The van der Waals surface area contributed by atoms with Gasteiger partial charge in [0.25, 0.3) is 0 Å². The molecule has 0 unspecified atom stereocenters. The Hall–Kier alpha value is -2.06. The lowest BCUT2D eigenvalue weighted by Gasteiger charge is -2.14. The molecule has 0 aromatic heterocycles. The van der Waals surface area contributed by atoms with Gasteiger partial charge in [0.05, 0.1) is 12.6 Å². The number of carbonyl (C=O) groups is 1. The molecule has 0 aliphatic rings. The number of likely N-dealkylation sites (N-methyl/N-ethyl adjacent to an activating group) is 1. The SMILES string of the molecule is CN(CCC#N)CC(=O)Nc1ccc(N)cc1. The Morgan fingerprint density at radius 3 is 2.71 bits per heavy atom. The molecule has 0 aliphatic heterocycles. The van der Waals surface area contributed by atoms with Crippen molar-refractivity contribution in [1.29, 1.82) is 5.26 Å². The highest BCUT2D eigenvalue weighted by Crippen LogP contribution is 2.10. The molecule has 0 saturated heterocycles. The summed E-state index contributed by atoms with van der Waals surface area (Å²) >= 11 is 0. The van der Waals surface area contributed by atoms with Crippen LogP contribution in [0.15, 0.2) is 24.3 Å². The van der Waals surface area contributed by atoms with E-state index in [-0.39, 0.29) is 12.5 Å².